The number of rotatable bonds is 1. The number of anilines is 2. The summed E-state index contributed by atoms with van der Waals surface area (Å²) >= 11 is 0. The second-order valence-electron chi connectivity index (χ2n) is 5.26. The first-order valence-corrected chi connectivity index (χ1v) is 7.03. The van der Waals surface area contributed by atoms with Gasteiger partial charge in [-0.15, -0.1) is 0 Å². The van der Waals surface area contributed by atoms with E-state index in [0.717, 1.165) is 4.90 Å². The summed E-state index contributed by atoms with van der Waals surface area (Å²) in [6.07, 6.45) is -1.83. The van der Waals surface area contributed by atoms with Gasteiger partial charge in [-0.2, -0.15) is 23.1 Å². The van der Waals surface area contributed by atoms with Gasteiger partial charge in [0.25, 0.3) is 11.8 Å². The van der Waals surface area contributed by atoms with Crippen molar-refractivity contribution in [2.75, 3.05) is 16.8 Å². The highest BCUT2D eigenvalue weighted by molar-refractivity contribution is 6.19. The predicted octanol–water partition coefficient (Wildman–Crippen LogP) is -0.0690. The number of fused-ring (bicyclic) bond motifs is 2. The van der Waals surface area contributed by atoms with E-state index >= 15 is 0 Å². The Labute approximate surface area is 137 Å². The molecule has 1 atom stereocenters. The van der Waals surface area contributed by atoms with Crippen LogP contribution in [0.2, 0.25) is 0 Å². The summed E-state index contributed by atoms with van der Waals surface area (Å²) in [4.78, 5) is 32.4. The lowest BCUT2D eigenvalue weighted by atomic mass is 10.2. The molecule has 8 nitrogen and oxygen atoms in total. The van der Waals surface area contributed by atoms with Gasteiger partial charge in [0.15, 0.2) is 18.2 Å². The van der Waals surface area contributed by atoms with Crippen molar-refractivity contribution in [3.63, 3.8) is 0 Å². The van der Waals surface area contributed by atoms with Gasteiger partial charge >= 0.3 is 12.1 Å². The molecule has 0 saturated heterocycles. The second kappa shape index (κ2) is 5.14. The van der Waals surface area contributed by atoms with Crippen LogP contribution in [0.1, 0.15) is 0 Å². The van der Waals surface area contributed by atoms with Crippen molar-refractivity contribution < 1.29 is 32.4 Å². The Morgan fingerprint density at radius 1 is 1.28 bits per heavy atom. The van der Waals surface area contributed by atoms with Crippen molar-refractivity contribution in [1.82, 2.24) is 4.98 Å². The number of carbonyl (C=O) groups is 2. The predicted molar refractivity (Wildman–Crippen MR) is 77.5 cm³/mol. The molecule has 3 aliphatic heterocycles. The van der Waals surface area contributed by atoms with Crippen LogP contribution in [0.15, 0.2) is 41.3 Å². The van der Waals surface area contributed by atoms with Crippen molar-refractivity contribution in [3.8, 4) is 5.75 Å². The third kappa shape index (κ3) is 2.45. The first kappa shape index (κ1) is 15.3. The molecule has 1 aromatic rings. The maximum absolute atomic E-state index is 13.1. The highest BCUT2D eigenvalue weighted by atomic mass is 19.4. The molecule has 2 amide bonds. The van der Waals surface area contributed by atoms with Crippen LogP contribution in [-0.2, 0) is 9.59 Å². The van der Waals surface area contributed by atoms with E-state index in [1.165, 1.54) is 24.5 Å². The molecule has 128 valence electrons. The molecule has 3 aliphatic rings. The van der Waals surface area contributed by atoms with Crippen LogP contribution in [0.3, 0.4) is 0 Å². The van der Waals surface area contributed by atoms with Gasteiger partial charge in [0.1, 0.15) is 12.0 Å². The Kier molecular flexibility index (Phi) is 3.15. The summed E-state index contributed by atoms with van der Waals surface area (Å²) in [5.74, 6) is -1.12. The molecule has 0 aromatic carbocycles. The molecule has 1 aromatic heterocycles. The van der Waals surface area contributed by atoms with Crippen molar-refractivity contribution >= 4 is 29.4 Å². The number of aromatic nitrogens is 1. The molecular formula is C14H9F3N5O3+. The van der Waals surface area contributed by atoms with Crippen molar-refractivity contribution in [3.05, 3.63) is 36.3 Å². The Hall–Kier alpha value is -3.21. The Bertz CT molecular complexity index is 890. The third-order valence-electron chi connectivity index (χ3n) is 3.66. The highest BCUT2D eigenvalue weighted by Gasteiger charge is 2.51. The first-order chi connectivity index (χ1) is 11.8. The monoisotopic (exact) mass is 352 g/mol. The molecule has 0 aliphatic carbocycles. The van der Waals surface area contributed by atoms with Crippen LogP contribution in [0.25, 0.3) is 0 Å². The number of hydrogen-bond acceptors (Lipinski definition) is 5. The Balaban J connectivity index is 1.77. The van der Waals surface area contributed by atoms with Gasteiger partial charge in [0.05, 0.1) is 12.3 Å². The molecular weight excluding hydrogens is 343 g/mol. The topological polar surface area (TPSA) is 88.3 Å². The van der Waals surface area contributed by atoms with Crippen LogP contribution in [0.4, 0.5) is 24.8 Å². The van der Waals surface area contributed by atoms with E-state index in [1.54, 1.807) is 0 Å². The van der Waals surface area contributed by atoms with Crippen LogP contribution >= 0.6 is 0 Å². The van der Waals surface area contributed by atoms with Gasteiger partial charge < -0.3 is 10.1 Å². The van der Waals surface area contributed by atoms with Gasteiger partial charge in [-0.3, -0.25) is 9.59 Å². The lowest BCUT2D eigenvalue weighted by molar-refractivity contribution is -0.714. The number of ether oxygens (including phenoxy) is 1. The number of alkyl halides is 3. The average molecular weight is 352 g/mol. The molecule has 11 heteroatoms. The lowest BCUT2D eigenvalue weighted by Crippen LogP contribution is -3.12. The van der Waals surface area contributed by atoms with Gasteiger partial charge in [-0.05, 0) is 12.1 Å². The van der Waals surface area contributed by atoms with Gasteiger partial charge in [-0.25, -0.2) is 9.88 Å². The zero-order valence-electron chi connectivity index (χ0n) is 12.3. The number of allylic oxidation sites excluding steroid dienone is 1. The molecule has 25 heavy (non-hydrogen) atoms. The normalized spacial score (nSPS) is 21.9. The van der Waals surface area contributed by atoms with E-state index < -0.39 is 23.7 Å². The molecule has 0 spiro atoms. The number of nitrogens with zero attached hydrogens (tertiary/aromatic N) is 3. The number of guanidine groups is 1. The van der Waals surface area contributed by atoms with Crippen LogP contribution in [0.5, 0.6) is 5.75 Å². The summed E-state index contributed by atoms with van der Waals surface area (Å²) in [6, 6.07) is 2.87. The number of pyridine rings is 1. The summed E-state index contributed by atoms with van der Waals surface area (Å²) < 4.78 is 44.5. The Morgan fingerprint density at radius 3 is 2.84 bits per heavy atom. The second-order valence-corrected chi connectivity index (χ2v) is 5.26. The van der Waals surface area contributed by atoms with Crippen LogP contribution in [-0.4, -0.2) is 35.5 Å². The van der Waals surface area contributed by atoms with Gasteiger partial charge in [0.2, 0.25) is 5.70 Å². The number of quaternary nitrogens is 1. The molecule has 2 N–H and O–H groups in total. The van der Waals surface area contributed by atoms with E-state index in [0.29, 0.717) is 11.8 Å². The van der Waals surface area contributed by atoms with E-state index in [9.17, 15) is 22.8 Å². The zero-order valence-corrected chi connectivity index (χ0v) is 12.3. The quantitative estimate of drug-likeness (QED) is 0.741. The first-order valence-electron chi connectivity index (χ1n) is 7.03. The minimum absolute atomic E-state index is 0.0203. The minimum Gasteiger partial charge on any atom is -0.480 e. The lowest BCUT2D eigenvalue weighted by Gasteiger charge is -2.28. The van der Waals surface area contributed by atoms with E-state index in [1.807, 2.05) is 0 Å². The summed E-state index contributed by atoms with van der Waals surface area (Å²) in [7, 11) is 0. The van der Waals surface area contributed by atoms with E-state index in [2.05, 4.69) is 15.3 Å². The van der Waals surface area contributed by atoms with Crippen molar-refractivity contribution in [2.45, 2.75) is 6.18 Å². The molecule has 4 heterocycles. The fourth-order valence-corrected chi connectivity index (χ4v) is 2.62. The molecule has 0 fully saturated rings. The minimum atomic E-state index is -4.68. The fraction of sp³-hybridized carbons (Fsp3) is 0.143. The molecule has 4 rings (SSSR count). The number of aliphatic imine (C=N–C) groups is 1. The molecule has 0 bridgehead atoms. The number of carbonyl (C=O) groups excluding carboxylic acids is 2. The molecule has 0 saturated carbocycles. The summed E-state index contributed by atoms with van der Waals surface area (Å²) in [5, 5.41) is 2.48. The summed E-state index contributed by atoms with van der Waals surface area (Å²) in [6.45, 7) is -0.164. The maximum atomic E-state index is 13.1. The van der Waals surface area contributed by atoms with Gasteiger partial charge in [0, 0.05) is 0 Å². The van der Waals surface area contributed by atoms with Crippen molar-refractivity contribution in [2.24, 2.45) is 4.99 Å². The Morgan fingerprint density at radius 2 is 2.08 bits per heavy atom. The van der Waals surface area contributed by atoms with E-state index in [4.69, 9.17) is 4.74 Å². The summed E-state index contributed by atoms with van der Waals surface area (Å²) in [5.41, 5.74) is -1.06. The van der Waals surface area contributed by atoms with Crippen LogP contribution < -0.4 is 19.9 Å². The van der Waals surface area contributed by atoms with Gasteiger partial charge in [-0.1, -0.05) is 0 Å². The number of halogens is 3. The maximum Gasteiger partial charge on any atom is 0.468 e. The molecule has 0 radical (unpaired) electrons. The standard InChI is InChI=1S/C14H8F3N5O3/c15-14(16,17)8-5-11(24)22(13-18-3-4-21(8)13)9-2-1-7-12(19-9)20-10(23)6-25-7/h1-5H,6H2,(H,19,20,23)/p+1. The number of hydrogen-bond donors (Lipinski definition) is 2. The molecule has 1 unspecified atom stereocenters. The van der Waals surface area contributed by atoms with Crippen LogP contribution in [0, 0.1) is 0 Å². The largest absolute Gasteiger partial charge is 0.480 e. The number of amides is 2. The average Bonchev–Trinajstić information content (AvgIpc) is 3.01. The SMILES string of the molecule is O=C1COc2ccc(N3C(=O)C=C(C(F)(F)F)[NH+]4C=CN=C34)nc2N1. The third-order valence-corrected chi connectivity index (χ3v) is 3.66. The highest BCUT2D eigenvalue weighted by Crippen LogP contribution is 2.30. The van der Waals surface area contributed by atoms with E-state index in [-0.39, 0.29) is 29.1 Å². The fourth-order valence-electron chi connectivity index (χ4n) is 2.62. The smallest absolute Gasteiger partial charge is 0.468 e. The van der Waals surface area contributed by atoms with Crippen molar-refractivity contribution in [1.29, 1.82) is 0 Å². The zero-order chi connectivity index (χ0) is 17.8. The number of nitrogens with one attached hydrogen (secondary N) is 2.